The fraction of sp³-hybridized carbons (Fsp3) is 0.474. The van der Waals surface area contributed by atoms with Crippen molar-refractivity contribution in [2.45, 2.75) is 38.3 Å². The number of nitrogens with one attached hydrogen (secondary N) is 2. The van der Waals surface area contributed by atoms with Gasteiger partial charge in [-0.05, 0) is 19.4 Å². The number of ether oxygens (including phenoxy) is 2. The van der Waals surface area contributed by atoms with Crippen molar-refractivity contribution in [3.8, 4) is 5.75 Å². The van der Waals surface area contributed by atoms with Gasteiger partial charge in [-0.2, -0.15) is 0 Å². The van der Waals surface area contributed by atoms with Gasteiger partial charge in [-0.3, -0.25) is 19.3 Å². The number of nitrogens with zero attached hydrogens (tertiary/aromatic N) is 1. The van der Waals surface area contributed by atoms with Crippen molar-refractivity contribution in [2.75, 3.05) is 19.7 Å². The minimum atomic E-state index is -1.25. The van der Waals surface area contributed by atoms with Gasteiger partial charge in [-0.25, -0.2) is 4.79 Å². The van der Waals surface area contributed by atoms with E-state index in [9.17, 15) is 19.2 Å². The number of imide groups is 1. The molecule has 1 aromatic carbocycles. The fourth-order valence-corrected chi connectivity index (χ4v) is 3.32. The van der Waals surface area contributed by atoms with Gasteiger partial charge in [-0.1, -0.05) is 25.1 Å². The first-order valence-corrected chi connectivity index (χ1v) is 9.22. The average Bonchev–Trinajstić information content (AvgIpc) is 2.91. The lowest BCUT2D eigenvalue weighted by Crippen LogP contribution is -2.48. The molecule has 28 heavy (non-hydrogen) atoms. The number of esters is 1. The molecule has 0 bridgehead atoms. The molecule has 1 fully saturated rings. The van der Waals surface area contributed by atoms with Crippen molar-refractivity contribution < 1.29 is 28.7 Å². The molecule has 2 atom stereocenters. The number of para-hydroxylation sites is 1. The van der Waals surface area contributed by atoms with E-state index in [2.05, 4.69) is 10.6 Å². The Balaban J connectivity index is 1.70. The summed E-state index contributed by atoms with van der Waals surface area (Å²) in [5, 5.41) is 5.32. The molecule has 2 aliphatic rings. The molecule has 1 spiro atoms. The zero-order valence-corrected chi connectivity index (χ0v) is 15.8. The van der Waals surface area contributed by atoms with Crippen LogP contribution in [0, 0.1) is 0 Å². The van der Waals surface area contributed by atoms with E-state index in [1.165, 1.54) is 6.92 Å². The van der Waals surface area contributed by atoms with Crippen LogP contribution in [0.3, 0.4) is 0 Å². The molecule has 0 radical (unpaired) electrons. The lowest BCUT2D eigenvalue weighted by molar-refractivity contribution is -0.156. The average molecular weight is 389 g/mol. The van der Waals surface area contributed by atoms with Crippen LogP contribution in [0.1, 0.15) is 32.3 Å². The van der Waals surface area contributed by atoms with Crippen LogP contribution in [0.25, 0.3) is 0 Å². The first-order chi connectivity index (χ1) is 13.4. The minimum absolute atomic E-state index is 0.260. The Morgan fingerprint density at radius 3 is 2.86 bits per heavy atom. The van der Waals surface area contributed by atoms with Crippen molar-refractivity contribution >= 4 is 23.8 Å². The molecule has 4 amide bonds. The quantitative estimate of drug-likeness (QED) is 0.546. The molecule has 3 rings (SSSR count). The van der Waals surface area contributed by atoms with E-state index in [1.807, 2.05) is 6.92 Å². The SMILES string of the molecule is CCCNC(=O)[C@H](C)OC(=O)CN1C(=O)N[C@@]2(CCOc3ccccc32)C1=O. The van der Waals surface area contributed by atoms with Crippen molar-refractivity contribution in [3.63, 3.8) is 0 Å². The molecule has 2 heterocycles. The lowest BCUT2D eigenvalue weighted by atomic mass is 9.84. The summed E-state index contributed by atoms with van der Waals surface area (Å²) in [5.41, 5.74) is -0.696. The maximum Gasteiger partial charge on any atom is 0.327 e. The number of carbonyl (C=O) groups is 4. The van der Waals surface area contributed by atoms with Crippen LogP contribution in [0.2, 0.25) is 0 Å². The Hall–Kier alpha value is -3.10. The Morgan fingerprint density at radius 2 is 2.11 bits per heavy atom. The van der Waals surface area contributed by atoms with Gasteiger partial charge in [0.15, 0.2) is 11.6 Å². The van der Waals surface area contributed by atoms with Crippen molar-refractivity contribution in [2.24, 2.45) is 0 Å². The second kappa shape index (κ2) is 7.87. The third-order valence-corrected chi connectivity index (χ3v) is 4.77. The number of benzene rings is 1. The second-order valence-electron chi connectivity index (χ2n) is 6.74. The Kier molecular flexibility index (Phi) is 5.53. The molecule has 0 aromatic heterocycles. The normalized spacial score (nSPS) is 21.6. The standard InChI is InChI=1S/C19H23N3O6/c1-3-9-20-16(24)12(2)28-15(23)11-22-17(25)19(21-18(22)26)8-10-27-14-7-5-4-6-13(14)19/h4-7,12H,3,8-11H2,1-2H3,(H,20,24)(H,21,26)/t12-,19+/m0/s1. The van der Waals surface area contributed by atoms with Crippen LogP contribution in [-0.4, -0.2) is 54.5 Å². The molecule has 150 valence electrons. The van der Waals surface area contributed by atoms with Gasteiger partial charge in [0.1, 0.15) is 12.3 Å². The van der Waals surface area contributed by atoms with E-state index in [0.717, 1.165) is 11.3 Å². The number of urea groups is 1. The van der Waals surface area contributed by atoms with Crippen molar-refractivity contribution in [1.29, 1.82) is 0 Å². The lowest BCUT2D eigenvalue weighted by Gasteiger charge is -2.33. The maximum absolute atomic E-state index is 13.1. The van der Waals surface area contributed by atoms with E-state index in [0.29, 0.717) is 17.9 Å². The van der Waals surface area contributed by atoms with Gasteiger partial charge in [0.05, 0.1) is 6.61 Å². The highest BCUT2D eigenvalue weighted by atomic mass is 16.5. The third kappa shape index (κ3) is 3.51. The summed E-state index contributed by atoms with van der Waals surface area (Å²) < 4.78 is 10.6. The molecule has 1 saturated heterocycles. The van der Waals surface area contributed by atoms with Crippen LogP contribution < -0.4 is 15.4 Å². The summed E-state index contributed by atoms with van der Waals surface area (Å²) >= 11 is 0. The largest absolute Gasteiger partial charge is 0.493 e. The number of amides is 4. The number of hydrogen-bond acceptors (Lipinski definition) is 6. The monoisotopic (exact) mass is 389 g/mol. The number of fused-ring (bicyclic) bond motifs is 2. The summed E-state index contributed by atoms with van der Waals surface area (Å²) in [7, 11) is 0. The molecule has 2 aliphatic heterocycles. The topological polar surface area (TPSA) is 114 Å². The number of hydrogen-bond donors (Lipinski definition) is 2. The molecule has 0 saturated carbocycles. The van der Waals surface area contributed by atoms with E-state index in [-0.39, 0.29) is 13.0 Å². The summed E-state index contributed by atoms with van der Waals surface area (Å²) in [4.78, 5) is 50.3. The molecule has 9 heteroatoms. The van der Waals surface area contributed by atoms with Gasteiger partial charge in [0.25, 0.3) is 11.8 Å². The predicted molar refractivity (Wildman–Crippen MR) is 97.3 cm³/mol. The molecule has 0 unspecified atom stereocenters. The van der Waals surface area contributed by atoms with Crippen LogP contribution in [0.5, 0.6) is 5.75 Å². The predicted octanol–water partition coefficient (Wildman–Crippen LogP) is 0.674. The molecular weight excluding hydrogens is 366 g/mol. The maximum atomic E-state index is 13.1. The summed E-state index contributed by atoms with van der Waals surface area (Å²) in [6, 6.07) is 6.29. The highest BCUT2D eigenvalue weighted by molar-refractivity contribution is 6.09. The van der Waals surface area contributed by atoms with Crippen LogP contribution in [0.15, 0.2) is 24.3 Å². The Labute approximate surface area is 162 Å². The van der Waals surface area contributed by atoms with Gasteiger partial charge < -0.3 is 20.1 Å². The van der Waals surface area contributed by atoms with E-state index in [4.69, 9.17) is 9.47 Å². The van der Waals surface area contributed by atoms with Crippen LogP contribution in [-0.2, 0) is 24.7 Å². The minimum Gasteiger partial charge on any atom is -0.493 e. The first kappa shape index (κ1) is 19.7. The van der Waals surface area contributed by atoms with Crippen molar-refractivity contribution in [1.82, 2.24) is 15.5 Å². The van der Waals surface area contributed by atoms with Gasteiger partial charge in [0.2, 0.25) is 0 Å². The summed E-state index contributed by atoms with van der Waals surface area (Å²) in [6.07, 6.45) is -0.00413. The fourth-order valence-electron chi connectivity index (χ4n) is 3.32. The molecule has 0 aliphatic carbocycles. The molecule has 1 aromatic rings. The van der Waals surface area contributed by atoms with Crippen LogP contribution >= 0.6 is 0 Å². The molecular formula is C19H23N3O6. The molecule has 9 nitrogen and oxygen atoms in total. The summed E-state index contributed by atoms with van der Waals surface area (Å²) in [5.74, 6) is -1.27. The van der Waals surface area contributed by atoms with E-state index >= 15 is 0 Å². The van der Waals surface area contributed by atoms with Crippen LogP contribution in [0.4, 0.5) is 4.79 Å². The second-order valence-corrected chi connectivity index (χ2v) is 6.74. The van der Waals surface area contributed by atoms with E-state index in [1.54, 1.807) is 24.3 Å². The highest BCUT2D eigenvalue weighted by Crippen LogP contribution is 2.40. The van der Waals surface area contributed by atoms with Crippen molar-refractivity contribution in [3.05, 3.63) is 29.8 Å². The van der Waals surface area contributed by atoms with Gasteiger partial charge in [0, 0.05) is 18.5 Å². The number of carbonyl (C=O) groups excluding carboxylic acids is 4. The van der Waals surface area contributed by atoms with E-state index < -0.39 is 42.0 Å². The zero-order valence-electron chi connectivity index (χ0n) is 15.8. The van der Waals surface area contributed by atoms with Gasteiger partial charge in [-0.15, -0.1) is 0 Å². The first-order valence-electron chi connectivity index (χ1n) is 9.22. The third-order valence-electron chi connectivity index (χ3n) is 4.77. The molecule has 2 N–H and O–H groups in total. The smallest absolute Gasteiger partial charge is 0.327 e. The Bertz CT molecular complexity index is 811. The zero-order chi connectivity index (χ0) is 20.3. The Morgan fingerprint density at radius 1 is 1.36 bits per heavy atom. The van der Waals surface area contributed by atoms with Gasteiger partial charge >= 0.3 is 12.0 Å². The number of rotatable bonds is 6. The highest BCUT2D eigenvalue weighted by Gasteiger charge is 2.55. The summed E-state index contributed by atoms with van der Waals surface area (Å²) in [6.45, 7) is 3.50.